The standard InChI is InChI=1S/C19H23N3O4S/c1-12(2)15-11-14(7-9-18(15)26-5)27(24,25)20-13-6-8-16-17(10-13)22(4)19(23)21(16)3/h6-12,20H,1-5H3. The predicted octanol–water partition coefficient (Wildman–Crippen LogP) is 2.81. The number of imidazole rings is 1. The van der Waals surface area contributed by atoms with Crippen LogP contribution in [0.3, 0.4) is 0 Å². The fraction of sp³-hybridized carbons (Fsp3) is 0.316. The Kier molecular flexibility index (Phi) is 4.77. The van der Waals surface area contributed by atoms with Crippen molar-refractivity contribution in [2.24, 2.45) is 14.1 Å². The molecule has 144 valence electrons. The third-order valence-corrected chi connectivity index (χ3v) is 6.04. The number of sulfonamides is 1. The van der Waals surface area contributed by atoms with Crippen LogP contribution in [0.15, 0.2) is 46.1 Å². The molecule has 0 fully saturated rings. The molecule has 0 spiro atoms. The SMILES string of the molecule is COc1ccc(S(=O)(=O)Nc2ccc3c(c2)n(C)c(=O)n3C)cc1C(C)C. The molecule has 3 aromatic rings. The molecule has 0 unspecified atom stereocenters. The lowest BCUT2D eigenvalue weighted by atomic mass is 10.0. The average Bonchev–Trinajstić information content (AvgIpc) is 2.84. The van der Waals surface area contributed by atoms with Crippen LogP contribution in [0.2, 0.25) is 0 Å². The molecule has 0 saturated carbocycles. The normalized spacial score (nSPS) is 11.9. The van der Waals surface area contributed by atoms with E-state index in [2.05, 4.69) is 4.72 Å². The van der Waals surface area contributed by atoms with Gasteiger partial charge < -0.3 is 4.74 Å². The highest BCUT2D eigenvalue weighted by atomic mass is 32.2. The van der Waals surface area contributed by atoms with E-state index in [-0.39, 0.29) is 16.5 Å². The zero-order valence-corrected chi connectivity index (χ0v) is 16.8. The smallest absolute Gasteiger partial charge is 0.328 e. The Morgan fingerprint density at radius 2 is 1.67 bits per heavy atom. The molecule has 2 aromatic carbocycles. The minimum atomic E-state index is -3.78. The van der Waals surface area contributed by atoms with Crippen LogP contribution in [0, 0.1) is 0 Å². The summed E-state index contributed by atoms with van der Waals surface area (Å²) in [6.07, 6.45) is 0. The van der Waals surface area contributed by atoms with E-state index in [0.717, 1.165) is 11.1 Å². The van der Waals surface area contributed by atoms with Crippen molar-refractivity contribution < 1.29 is 13.2 Å². The minimum absolute atomic E-state index is 0.116. The third-order valence-electron chi connectivity index (χ3n) is 4.66. The van der Waals surface area contributed by atoms with Crippen molar-refractivity contribution in [2.45, 2.75) is 24.7 Å². The van der Waals surface area contributed by atoms with Crippen LogP contribution in [0.1, 0.15) is 25.3 Å². The summed E-state index contributed by atoms with van der Waals surface area (Å²) < 4.78 is 36.6. The Morgan fingerprint density at radius 3 is 2.30 bits per heavy atom. The van der Waals surface area contributed by atoms with E-state index in [0.29, 0.717) is 17.0 Å². The van der Waals surface area contributed by atoms with E-state index in [1.54, 1.807) is 51.5 Å². The summed E-state index contributed by atoms with van der Waals surface area (Å²) >= 11 is 0. The molecule has 1 aromatic heterocycles. The Labute approximate surface area is 158 Å². The van der Waals surface area contributed by atoms with Gasteiger partial charge in [0.2, 0.25) is 0 Å². The molecular formula is C19H23N3O4S. The number of anilines is 1. The molecule has 0 amide bonds. The lowest BCUT2D eigenvalue weighted by molar-refractivity contribution is 0.407. The van der Waals surface area contributed by atoms with E-state index >= 15 is 0 Å². The van der Waals surface area contributed by atoms with Gasteiger partial charge in [-0.25, -0.2) is 13.2 Å². The number of hydrogen-bond donors (Lipinski definition) is 1. The van der Waals surface area contributed by atoms with Gasteiger partial charge in [0.25, 0.3) is 10.0 Å². The molecule has 0 saturated heterocycles. The first-order valence-corrected chi connectivity index (χ1v) is 10.00. The molecular weight excluding hydrogens is 366 g/mol. The lowest BCUT2D eigenvalue weighted by Crippen LogP contribution is -2.19. The fourth-order valence-corrected chi connectivity index (χ4v) is 4.20. The molecule has 7 nitrogen and oxygen atoms in total. The van der Waals surface area contributed by atoms with E-state index in [1.807, 2.05) is 13.8 Å². The van der Waals surface area contributed by atoms with Crippen molar-refractivity contribution in [3.8, 4) is 5.75 Å². The van der Waals surface area contributed by atoms with Crippen LogP contribution in [0.5, 0.6) is 5.75 Å². The zero-order valence-electron chi connectivity index (χ0n) is 16.0. The number of rotatable bonds is 5. The zero-order chi connectivity index (χ0) is 19.9. The number of nitrogens with one attached hydrogen (secondary N) is 1. The first kappa shape index (κ1) is 19.0. The van der Waals surface area contributed by atoms with Crippen molar-refractivity contribution in [2.75, 3.05) is 11.8 Å². The van der Waals surface area contributed by atoms with Gasteiger partial charge in [0.15, 0.2) is 0 Å². The van der Waals surface area contributed by atoms with Gasteiger partial charge in [0.05, 0.1) is 28.7 Å². The van der Waals surface area contributed by atoms with Crippen LogP contribution in [-0.2, 0) is 24.1 Å². The van der Waals surface area contributed by atoms with Crippen LogP contribution in [-0.4, -0.2) is 24.7 Å². The summed E-state index contributed by atoms with van der Waals surface area (Å²) in [5, 5.41) is 0. The number of methoxy groups -OCH3 is 1. The van der Waals surface area contributed by atoms with Crippen LogP contribution >= 0.6 is 0 Å². The molecule has 0 bridgehead atoms. The predicted molar refractivity (Wildman–Crippen MR) is 106 cm³/mol. The number of aromatic nitrogens is 2. The highest BCUT2D eigenvalue weighted by Crippen LogP contribution is 2.30. The summed E-state index contributed by atoms with van der Waals surface area (Å²) in [5.41, 5.74) is 2.44. The Balaban J connectivity index is 2.02. The second-order valence-electron chi connectivity index (χ2n) is 6.77. The summed E-state index contributed by atoms with van der Waals surface area (Å²) in [4.78, 5) is 12.2. The van der Waals surface area contributed by atoms with Gasteiger partial charge in [-0.15, -0.1) is 0 Å². The average molecular weight is 389 g/mol. The van der Waals surface area contributed by atoms with Crippen molar-refractivity contribution >= 4 is 26.7 Å². The minimum Gasteiger partial charge on any atom is -0.496 e. The number of hydrogen-bond acceptors (Lipinski definition) is 4. The molecule has 1 N–H and O–H groups in total. The molecule has 0 radical (unpaired) electrons. The van der Waals surface area contributed by atoms with Crippen LogP contribution < -0.4 is 15.1 Å². The van der Waals surface area contributed by atoms with E-state index in [1.165, 1.54) is 15.2 Å². The van der Waals surface area contributed by atoms with Gasteiger partial charge in [-0.1, -0.05) is 13.8 Å². The van der Waals surface area contributed by atoms with Gasteiger partial charge in [0, 0.05) is 14.1 Å². The summed E-state index contributed by atoms with van der Waals surface area (Å²) in [7, 11) is 1.12. The number of aryl methyl sites for hydroxylation is 2. The Bertz CT molecular complexity index is 1170. The molecule has 8 heteroatoms. The van der Waals surface area contributed by atoms with Crippen molar-refractivity contribution in [1.29, 1.82) is 0 Å². The van der Waals surface area contributed by atoms with Gasteiger partial charge in [-0.2, -0.15) is 0 Å². The maximum Gasteiger partial charge on any atom is 0.328 e. The first-order valence-electron chi connectivity index (χ1n) is 8.52. The van der Waals surface area contributed by atoms with Gasteiger partial charge in [-0.05, 0) is 47.9 Å². The van der Waals surface area contributed by atoms with Crippen LogP contribution in [0.25, 0.3) is 11.0 Å². The molecule has 27 heavy (non-hydrogen) atoms. The summed E-state index contributed by atoms with van der Waals surface area (Å²) in [6, 6.07) is 9.83. The molecule has 0 aliphatic heterocycles. The topological polar surface area (TPSA) is 82.3 Å². The number of benzene rings is 2. The molecule has 0 atom stereocenters. The van der Waals surface area contributed by atoms with E-state index in [4.69, 9.17) is 4.74 Å². The highest BCUT2D eigenvalue weighted by molar-refractivity contribution is 7.92. The second-order valence-corrected chi connectivity index (χ2v) is 8.45. The third kappa shape index (κ3) is 3.32. The molecule has 0 aliphatic carbocycles. The monoisotopic (exact) mass is 389 g/mol. The van der Waals surface area contributed by atoms with Crippen molar-refractivity contribution in [1.82, 2.24) is 9.13 Å². The number of ether oxygens (including phenoxy) is 1. The summed E-state index contributed by atoms with van der Waals surface area (Å²) in [5.74, 6) is 0.773. The number of fused-ring (bicyclic) bond motifs is 1. The second kappa shape index (κ2) is 6.77. The Morgan fingerprint density at radius 1 is 1.00 bits per heavy atom. The van der Waals surface area contributed by atoms with Crippen molar-refractivity contribution in [3.05, 3.63) is 52.4 Å². The number of nitrogens with zero attached hydrogens (tertiary/aromatic N) is 2. The van der Waals surface area contributed by atoms with Crippen LogP contribution in [0.4, 0.5) is 5.69 Å². The van der Waals surface area contributed by atoms with E-state index < -0.39 is 10.0 Å². The van der Waals surface area contributed by atoms with Gasteiger partial charge >= 0.3 is 5.69 Å². The first-order chi connectivity index (χ1) is 12.7. The molecule has 3 rings (SSSR count). The van der Waals surface area contributed by atoms with E-state index in [9.17, 15) is 13.2 Å². The fourth-order valence-electron chi connectivity index (χ4n) is 3.12. The summed E-state index contributed by atoms with van der Waals surface area (Å²) in [6.45, 7) is 3.96. The molecule has 0 aliphatic rings. The Hall–Kier alpha value is -2.74. The molecule has 1 heterocycles. The highest BCUT2D eigenvalue weighted by Gasteiger charge is 2.19. The maximum absolute atomic E-state index is 12.8. The van der Waals surface area contributed by atoms with Crippen molar-refractivity contribution in [3.63, 3.8) is 0 Å². The van der Waals surface area contributed by atoms with Gasteiger partial charge in [-0.3, -0.25) is 13.9 Å². The van der Waals surface area contributed by atoms with Gasteiger partial charge in [0.1, 0.15) is 5.75 Å². The largest absolute Gasteiger partial charge is 0.496 e. The quantitative estimate of drug-likeness (QED) is 0.727. The lowest BCUT2D eigenvalue weighted by Gasteiger charge is -2.14. The maximum atomic E-state index is 12.8.